The van der Waals surface area contributed by atoms with Gasteiger partial charge in [-0.25, -0.2) is 4.79 Å². The number of carbonyl (C=O) groups excluding carboxylic acids is 2. The maximum Gasteiger partial charge on any atom is 0.338 e. The first-order chi connectivity index (χ1) is 20.9. The Balaban J connectivity index is 1.83. The molecule has 0 radical (unpaired) electrons. The average Bonchev–Trinajstić information content (AvgIpc) is 3.29. The Bertz CT molecular complexity index is 2090. The van der Waals surface area contributed by atoms with Crippen molar-refractivity contribution in [1.29, 1.82) is 0 Å². The molecule has 1 aliphatic heterocycles. The van der Waals surface area contributed by atoms with Crippen molar-refractivity contribution in [3.8, 4) is 0 Å². The molecule has 1 aliphatic rings. The monoisotopic (exact) mass is 690 g/mol. The predicted octanol–water partition coefficient (Wildman–Crippen LogP) is 5.15. The summed E-state index contributed by atoms with van der Waals surface area (Å²) in [4.78, 5) is 51.7. The minimum absolute atomic E-state index is 0.0638. The summed E-state index contributed by atoms with van der Waals surface area (Å²) in [5.41, 5.74) is 6.38. The summed E-state index contributed by atoms with van der Waals surface area (Å²) in [7, 11) is 1.13. The molecule has 3 N–H and O–H groups in total. The summed E-state index contributed by atoms with van der Waals surface area (Å²) >= 11 is 26.1. The van der Waals surface area contributed by atoms with E-state index < -0.39 is 28.3 Å². The van der Waals surface area contributed by atoms with Crippen LogP contribution in [0.15, 0.2) is 71.0 Å². The number of methoxy groups -OCH3 is 1. The normalized spacial score (nSPS) is 14.8. The highest BCUT2D eigenvalue weighted by atomic mass is 35.5. The van der Waals surface area contributed by atoms with E-state index in [1.165, 1.54) is 54.6 Å². The zero-order chi connectivity index (χ0) is 31.9. The maximum absolute atomic E-state index is 14.1. The minimum Gasteiger partial charge on any atom is -0.466 e. The second-order valence-corrected chi connectivity index (χ2v) is 12.0. The Hall–Kier alpha value is -4.13. The number of non-ortho nitro benzene ring substituents is 1. The third-order valence-electron chi connectivity index (χ3n) is 6.66. The van der Waals surface area contributed by atoms with Gasteiger partial charge in [-0.2, -0.15) is 0 Å². The molecule has 224 valence electrons. The van der Waals surface area contributed by atoms with Crippen molar-refractivity contribution in [2.75, 3.05) is 12.4 Å². The number of nitro benzene ring substituents is 1. The molecule has 4 aromatic rings. The van der Waals surface area contributed by atoms with Crippen molar-refractivity contribution in [2.45, 2.75) is 5.92 Å². The number of hydrogen-bond donors (Lipinski definition) is 2. The molecule has 44 heavy (non-hydrogen) atoms. The molecule has 0 saturated carbocycles. The van der Waals surface area contributed by atoms with Crippen LogP contribution in [0, 0.1) is 10.1 Å². The van der Waals surface area contributed by atoms with Crippen LogP contribution in [0.25, 0.3) is 17.5 Å². The summed E-state index contributed by atoms with van der Waals surface area (Å²) in [6.45, 7) is 0. The highest BCUT2D eigenvalue weighted by Gasteiger charge is 2.40. The number of hydrogen-bond acceptors (Lipinski definition) is 8. The van der Waals surface area contributed by atoms with Gasteiger partial charge in [0.15, 0.2) is 0 Å². The van der Waals surface area contributed by atoms with Crippen LogP contribution in [0.4, 0.5) is 11.4 Å². The molecule has 1 unspecified atom stereocenters. The van der Waals surface area contributed by atoms with Gasteiger partial charge < -0.3 is 15.8 Å². The van der Waals surface area contributed by atoms with Gasteiger partial charge in [-0.05, 0) is 53.6 Å². The van der Waals surface area contributed by atoms with E-state index >= 15 is 0 Å². The van der Waals surface area contributed by atoms with E-state index in [0.29, 0.717) is 15.6 Å². The second kappa shape index (κ2) is 12.5. The molecule has 10 nitrogen and oxygen atoms in total. The average molecular weight is 692 g/mol. The highest BCUT2D eigenvalue weighted by Crippen LogP contribution is 2.41. The Labute approximate surface area is 272 Å². The number of carbonyl (C=O) groups is 2. The first-order valence-corrected chi connectivity index (χ1v) is 14.8. The maximum atomic E-state index is 14.1. The fraction of sp³-hybridized carbons (Fsp3) is 0.0690. The predicted molar refractivity (Wildman–Crippen MR) is 172 cm³/mol. The number of amides is 1. The lowest BCUT2D eigenvalue weighted by Crippen LogP contribution is -2.42. The fourth-order valence-electron chi connectivity index (χ4n) is 4.65. The number of thiazole rings is 1. The Morgan fingerprint density at radius 3 is 2.23 bits per heavy atom. The zero-order valence-corrected chi connectivity index (χ0v) is 26.1. The van der Waals surface area contributed by atoms with Gasteiger partial charge in [0.05, 0.1) is 33.6 Å². The number of nitrogens with one attached hydrogen (secondary N) is 1. The van der Waals surface area contributed by atoms with Crippen molar-refractivity contribution in [2.24, 2.45) is 5.73 Å². The molecule has 0 aliphatic carbocycles. The fourth-order valence-corrected chi connectivity index (χ4v) is 6.80. The van der Waals surface area contributed by atoms with E-state index in [-0.39, 0.29) is 53.1 Å². The molecule has 1 aromatic heterocycles. The smallest absolute Gasteiger partial charge is 0.338 e. The van der Waals surface area contributed by atoms with Crippen molar-refractivity contribution in [3.05, 3.63) is 127 Å². The number of nitrogens with zero attached hydrogens (tertiary/aromatic N) is 2. The number of esters is 1. The quantitative estimate of drug-likeness (QED) is 0.162. The highest BCUT2D eigenvalue weighted by molar-refractivity contribution is 7.07. The van der Waals surface area contributed by atoms with Crippen LogP contribution in [-0.2, 0) is 14.3 Å². The van der Waals surface area contributed by atoms with Crippen LogP contribution in [0.3, 0.4) is 0 Å². The number of aromatic nitrogens is 1. The number of anilines is 1. The molecule has 0 bridgehead atoms. The molecule has 0 spiro atoms. The number of rotatable bonds is 6. The van der Waals surface area contributed by atoms with Crippen molar-refractivity contribution in [1.82, 2.24) is 4.57 Å². The molecular formula is C29H18Cl4N4O6S. The molecule has 1 amide bonds. The molecule has 0 saturated heterocycles. The first-order valence-electron chi connectivity index (χ1n) is 12.4. The van der Waals surface area contributed by atoms with Gasteiger partial charge in [0.2, 0.25) is 0 Å². The summed E-state index contributed by atoms with van der Waals surface area (Å²) < 4.78 is 6.33. The van der Waals surface area contributed by atoms with E-state index in [0.717, 1.165) is 23.0 Å². The van der Waals surface area contributed by atoms with Gasteiger partial charge in [0.1, 0.15) is 10.5 Å². The molecule has 2 heterocycles. The van der Waals surface area contributed by atoms with Gasteiger partial charge in [-0.1, -0.05) is 58.5 Å². The molecule has 0 fully saturated rings. The van der Waals surface area contributed by atoms with E-state index in [9.17, 15) is 24.5 Å². The molecule has 5 rings (SSSR count). The van der Waals surface area contributed by atoms with E-state index in [2.05, 4.69) is 5.32 Å². The van der Waals surface area contributed by atoms with Crippen LogP contribution in [0.1, 0.15) is 17.0 Å². The Morgan fingerprint density at radius 1 is 1.00 bits per heavy atom. The zero-order valence-electron chi connectivity index (χ0n) is 22.3. The lowest BCUT2D eigenvalue weighted by molar-refractivity contribution is -0.384. The number of halogens is 4. The van der Waals surface area contributed by atoms with Crippen LogP contribution in [0.2, 0.25) is 20.1 Å². The molecule has 3 aromatic carbocycles. The van der Waals surface area contributed by atoms with E-state index in [1.54, 1.807) is 12.1 Å². The van der Waals surface area contributed by atoms with E-state index in [4.69, 9.17) is 56.9 Å². The summed E-state index contributed by atoms with van der Waals surface area (Å²) in [6.07, 6.45) is 1.51. The van der Waals surface area contributed by atoms with Crippen molar-refractivity contribution >= 4 is 98.5 Å². The van der Waals surface area contributed by atoms with Crippen LogP contribution in [-0.4, -0.2) is 28.5 Å². The van der Waals surface area contributed by atoms with Crippen LogP contribution in [0.5, 0.6) is 0 Å². The van der Waals surface area contributed by atoms with Crippen molar-refractivity contribution < 1.29 is 19.2 Å². The largest absolute Gasteiger partial charge is 0.466 e. The minimum atomic E-state index is -1.21. The van der Waals surface area contributed by atoms with Gasteiger partial charge >= 0.3 is 5.97 Å². The van der Waals surface area contributed by atoms with Gasteiger partial charge in [0.25, 0.3) is 17.2 Å². The second-order valence-electron chi connectivity index (χ2n) is 9.28. The van der Waals surface area contributed by atoms with Crippen LogP contribution < -0.4 is 25.8 Å². The summed E-state index contributed by atoms with van der Waals surface area (Å²) in [6, 6.07) is 14.4. The summed E-state index contributed by atoms with van der Waals surface area (Å²) in [5.74, 6) is -3.13. The van der Waals surface area contributed by atoms with Crippen molar-refractivity contribution in [3.63, 3.8) is 0 Å². The van der Waals surface area contributed by atoms with Gasteiger partial charge in [-0.15, -0.1) is 11.3 Å². The Morgan fingerprint density at radius 2 is 1.64 bits per heavy atom. The number of ether oxygens (including phenoxy) is 1. The number of fused-ring (bicyclic) bond motifs is 1. The van der Waals surface area contributed by atoms with E-state index in [1.807, 2.05) is 0 Å². The number of benzene rings is 3. The molecule has 15 heteroatoms. The number of nitrogens with two attached hydrogens (primary N) is 1. The third-order valence-corrected chi connectivity index (χ3v) is 8.89. The third kappa shape index (κ3) is 5.84. The Kier molecular flexibility index (Phi) is 8.87. The lowest BCUT2D eigenvalue weighted by Gasteiger charge is -2.28. The SMILES string of the molecule is COC(=O)C1=C(N)n2c(s/c(=C/c3ccc(Cl)cc3Cl)c2=O)=C(C(=O)Nc2ccc([N+](=O)[O-])cc2)C1c1ccc(Cl)cc1Cl. The lowest BCUT2D eigenvalue weighted by atomic mass is 9.82. The number of nitro groups is 1. The summed E-state index contributed by atoms with van der Waals surface area (Å²) in [5, 5.41) is 14.9. The van der Waals surface area contributed by atoms with Crippen LogP contribution >= 0.6 is 57.7 Å². The topological polar surface area (TPSA) is 147 Å². The standard InChI is InChI=1S/C29H18Cl4N4O6S/c1-43-29(40)23-22(18-9-4-15(31)12-20(18)33)24(26(38)35-16-5-7-17(8-6-16)37(41)42)28-36(25(23)34)27(39)21(44-28)10-13-2-3-14(30)11-19(13)32/h2-12,22H,34H2,1H3,(H,35,38)/b21-10+. The van der Waals surface area contributed by atoms with Gasteiger partial charge in [0, 0.05) is 37.9 Å². The molecular weight excluding hydrogens is 674 g/mol. The van der Waals surface area contributed by atoms with Gasteiger partial charge in [-0.3, -0.25) is 24.3 Å². The molecule has 1 atom stereocenters. The first kappa shape index (κ1) is 31.3.